The van der Waals surface area contributed by atoms with E-state index < -0.39 is 0 Å². The molecule has 2 N–H and O–H groups in total. The van der Waals surface area contributed by atoms with Crippen molar-refractivity contribution in [2.45, 2.75) is 47.0 Å². The molecule has 0 aliphatic rings. The van der Waals surface area contributed by atoms with Crippen LogP contribution in [0.5, 0.6) is 11.5 Å². The Balaban J connectivity index is -0.000000103. The number of carbonyl (C=O) groups excluding carboxylic acids is 2. The molecule has 198 valence electrons. The lowest BCUT2D eigenvalue weighted by atomic mass is 10.1. The standard InChI is InChI=1S/C7H12O2.2C6H6O.C3H8O2.C2H6.2CH3F/c1-3-6(8)5-7(9)4-2;2*7-6-4-2-1-3-5-6;1-4-3-5-2;3*1-2/h3-5H2,1-2H3;2*1-5,7H;3H2,1-2H3;1-2H3;2*1H3. The topological polar surface area (TPSA) is 93.1 Å². The monoisotopic (exact) mass is 490 g/mol. The Labute approximate surface area is 204 Å². The SMILES string of the molecule is CC.CCC(=O)CC(=O)CC.CF.CF.COCOC.Oc1ccccc1.Oc1ccccc1. The molecule has 0 atom stereocenters. The largest absolute Gasteiger partial charge is 0.508 e. The number of phenolic OH excluding ortho intramolecular Hbond substituents is 2. The maximum absolute atomic E-state index is 10.6. The molecule has 0 aliphatic carbocycles. The number of ether oxygens (including phenoxy) is 2. The number of benzene rings is 2. The summed E-state index contributed by atoms with van der Waals surface area (Å²) in [7, 11) is 4.17. The van der Waals surface area contributed by atoms with Crippen molar-refractivity contribution in [2.75, 3.05) is 35.4 Å². The zero-order chi connectivity index (χ0) is 27.6. The molecular formula is C26H44F2O6. The number of phenols is 2. The van der Waals surface area contributed by atoms with Gasteiger partial charge < -0.3 is 19.7 Å². The van der Waals surface area contributed by atoms with Gasteiger partial charge in [-0.25, -0.2) is 0 Å². The van der Waals surface area contributed by atoms with E-state index in [2.05, 4.69) is 9.47 Å². The van der Waals surface area contributed by atoms with Crippen molar-refractivity contribution in [1.29, 1.82) is 0 Å². The molecular weight excluding hydrogens is 446 g/mol. The molecule has 0 amide bonds. The van der Waals surface area contributed by atoms with E-state index in [0.717, 1.165) is 0 Å². The molecule has 0 aromatic heterocycles. The zero-order valence-electron chi connectivity index (χ0n) is 21.9. The fraction of sp³-hybridized carbons (Fsp3) is 0.462. The van der Waals surface area contributed by atoms with Crippen LogP contribution in [0.25, 0.3) is 0 Å². The molecule has 6 nitrogen and oxygen atoms in total. The van der Waals surface area contributed by atoms with Gasteiger partial charge in [0.25, 0.3) is 0 Å². The Morgan fingerprint density at radius 3 is 1.06 bits per heavy atom. The predicted octanol–water partition coefficient (Wildman–Crippen LogP) is 6.55. The number of hydrogen-bond acceptors (Lipinski definition) is 6. The molecule has 0 radical (unpaired) electrons. The molecule has 0 fully saturated rings. The Bertz CT molecular complexity index is 558. The highest BCUT2D eigenvalue weighted by molar-refractivity contribution is 5.98. The summed E-state index contributed by atoms with van der Waals surface area (Å²) in [6.45, 7) is 7.93. The summed E-state index contributed by atoms with van der Waals surface area (Å²) in [5, 5.41) is 17.3. The van der Waals surface area contributed by atoms with Crippen molar-refractivity contribution in [3.05, 3.63) is 60.7 Å². The van der Waals surface area contributed by atoms with E-state index in [1.165, 1.54) is 0 Å². The smallest absolute Gasteiger partial charge is 0.145 e. The van der Waals surface area contributed by atoms with Crippen molar-refractivity contribution >= 4 is 11.6 Å². The molecule has 2 rings (SSSR count). The number of ketones is 2. The van der Waals surface area contributed by atoms with Crippen LogP contribution >= 0.6 is 0 Å². The number of hydrogen-bond donors (Lipinski definition) is 2. The van der Waals surface area contributed by atoms with Gasteiger partial charge in [-0.3, -0.25) is 18.4 Å². The zero-order valence-corrected chi connectivity index (χ0v) is 21.9. The second-order valence-electron chi connectivity index (χ2n) is 5.33. The summed E-state index contributed by atoms with van der Waals surface area (Å²) in [6, 6.07) is 17.4. The van der Waals surface area contributed by atoms with Crippen LogP contribution in [0.15, 0.2) is 60.7 Å². The first kappa shape index (κ1) is 41.4. The van der Waals surface area contributed by atoms with Gasteiger partial charge in [0.2, 0.25) is 0 Å². The van der Waals surface area contributed by atoms with Crippen molar-refractivity contribution in [2.24, 2.45) is 0 Å². The number of para-hydroxylation sites is 2. The van der Waals surface area contributed by atoms with Gasteiger partial charge in [0.05, 0.1) is 20.8 Å². The van der Waals surface area contributed by atoms with Crippen molar-refractivity contribution in [1.82, 2.24) is 0 Å². The first-order valence-corrected chi connectivity index (χ1v) is 10.7. The maximum Gasteiger partial charge on any atom is 0.145 e. The van der Waals surface area contributed by atoms with E-state index in [1.807, 2.05) is 26.0 Å². The summed E-state index contributed by atoms with van der Waals surface area (Å²) < 4.78 is 27.9. The first-order chi connectivity index (χ1) is 16.4. The van der Waals surface area contributed by atoms with Gasteiger partial charge in [0, 0.05) is 27.1 Å². The van der Waals surface area contributed by atoms with Gasteiger partial charge in [-0.15, -0.1) is 0 Å². The molecule has 0 bridgehead atoms. The third-order valence-electron chi connectivity index (χ3n) is 2.93. The second kappa shape index (κ2) is 40.5. The third-order valence-corrected chi connectivity index (χ3v) is 2.93. The Morgan fingerprint density at radius 1 is 0.676 bits per heavy atom. The van der Waals surface area contributed by atoms with E-state index in [-0.39, 0.29) is 18.0 Å². The van der Waals surface area contributed by atoms with E-state index in [4.69, 9.17) is 10.2 Å². The molecule has 2 aromatic carbocycles. The summed E-state index contributed by atoms with van der Waals surface area (Å²) in [5.74, 6) is 0.730. The van der Waals surface area contributed by atoms with Crippen LogP contribution in [0.4, 0.5) is 8.78 Å². The minimum absolute atomic E-state index is 0.0434. The number of aromatic hydroxyl groups is 2. The van der Waals surface area contributed by atoms with Crippen LogP contribution in [0.1, 0.15) is 47.0 Å². The third kappa shape index (κ3) is 43.1. The minimum atomic E-state index is 0.0434. The number of alkyl halides is 2. The van der Waals surface area contributed by atoms with Crippen molar-refractivity contribution in [3.63, 3.8) is 0 Å². The number of methoxy groups -OCH3 is 2. The van der Waals surface area contributed by atoms with Crippen molar-refractivity contribution in [3.8, 4) is 11.5 Å². The second-order valence-corrected chi connectivity index (χ2v) is 5.33. The summed E-state index contributed by atoms with van der Waals surface area (Å²) in [4.78, 5) is 21.1. The van der Waals surface area contributed by atoms with Crippen molar-refractivity contribution < 1.29 is 38.1 Å². The average Bonchev–Trinajstić information content (AvgIpc) is 2.90. The van der Waals surface area contributed by atoms with Gasteiger partial charge in [-0.05, 0) is 24.3 Å². The number of rotatable bonds is 6. The summed E-state index contributed by atoms with van der Waals surface area (Å²) in [6.07, 6.45) is 1.09. The van der Waals surface area contributed by atoms with E-state index in [9.17, 15) is 18.4 Å². The lowest BCUT2D eigenvalue weighted by molar-refractivity contribution is -0.126. The molecule has 0 spiro atoms. The lowest BCUT2D eigenvalue weighted by Crippen LogP contribution is -2.04. The fourth-order valence-corrected chi connectivity index (χ4v) is 1.44. The first-order valence-electron chi connectivity index (χ1n) is 10.7. The highest BCUT2D eigenvalue weighted by atomic mass is 19.1. The molecule has 0 saturated carbocycles. The van der Waals surface area contributed by atoms with Gasteiger partial charge in [0.15, 0.2) is 0 Å². The highest BCUT2D eigenvalue weighted by Gasteiger charge is 2.03. The van der Waals surface area contributed by atoms with Crippen LogP contribution < -0.4 is 0 Å². The van der Waals surface area contributed by atoms with Gasteiger partial charge in [0.1, 0.15) is 29.9 Å². The Kier molecular flexibility index (Phi) is 49.4. The molecule has 0 heterocycles. The van der Waals surface area contributed by atoms with E-state index >= 15 is 0 Å². The van der Waals surface area contributed by atoms with E-state index in [1.54, 1.807) is 76.6 Å². The fourth-order valence-electron chi connectivity index (χ4n) is 1.44. The molecule has 0 saturated heterocycles. The number of halogens is 2. The highest BCUT2D eigenvalue weighted by Crippen LogP contribution is 2.03. The van der Waals surface area contributed by atoms with Gasteiger partial charge in [-0.1, -0.05) is 64.1 Å². The maximum atomic E-state index is 10.6. The van der Waals surface area contributed by atoms with Crippen LogP contribution in [0, 0.1) is 0 Å². The van der Waals surface area contributed by atoms with E-state index in [0.29, 0.717) is 45.5 Å². The summed E-state index contributed by atoms with van der Waals surface area (Å²) >= 11 is 0. The number of carbonyl (C=O) groups is 2. The molecule has 34 heavy (non-hydrogen) atoms. The number of Topliss-reactive ketones (excluding diaryl/α,β-unsaturated/α-hetero) is 2. The van der Waals surface area contributed by atoms with Gasteiger partial charge in [-0.2, -0.15) is 0 Å². The molecule has 0 unspecified atom stereocenters. The molecule has 8 heteroatoms. The molecule has 2 aromatic rings. The van der Waals surface area contributed by atoms with Gasteiger partial charge >= 0.3 is 0 Å². The normalized spacial score (nSPS) is 7.71. The molecule has 0 aliphatic heterocycles. The van der Waals surface area contributed by atoms with Crippen LogP contribution in [-0.4, -0.2) is 57.1 Å². The Hall–Kier alpha value is -2.84. The predicted molar refractivity (Wildman–Crippen MR) is 136 cm³/mol. The lowest BCUT2D eigenvalue weighted by Gasteiger charge is -1.91. The van der Waals surface area contributed by atoms with Crippen LogP contribution in [0.3, 0.4) is 0 Å². The van der Waals surface area contributed by atoms with Crippen LogP contribution in [-0.2, 0) is 19.1 Å². The quantitative estimate of drug-likeness (QED) is 0.352. The Morgan fingerprint density at radius 2 is 0.941 bits per heavy atom. The summed E-state index contributed by atoms with van der Waals surface area (Å²) in [5.41, 5.74) is 0. The van der Waals surface area contributed by atoms with Crippen LogP contribution in [0.2, 0.25) is 0 Å². The average molecular weight is 491 g/mol. The minimum Gasteiger partial charge on any atom is -0.508 e.